The second kappa shape index (κ2) is 7.07. The van der Waals surface area contributed by atoms with E-state index in [-0.39, 0.29) is 17.9 Å². The standard InChI is InChI=1S/C13H15BrN4O3/c1-20-10-5-3-8(7-9(10)14)4-6-11(19)15-12-16-13(21-2)18-17-12/h3,5,7H,4,6H2,1-2H3,(H2,15,16,17,18,19). The van der Waals surface area contributed by atoms with Gasteiger partial charge in [-0.25, -0.2) is 5.10 Å². The summed E-state index contributed by atoms with van der Waals surface area (Å²) in [6.45, 7) is 0. The lowest BCUT2D eigenvalue weighted by atomic mass is 10.1. The van der Waals surface area contributed by atoms with Crippen molar-refractivity contribution < 1.29 is 14.3 Å². The van der Waals surface area contributed by atoms with Gasteiger partial charge in [-0.1, -0.05) is 6.07 Å². The molecule has 2 aromatic rings. The number of carbonyl (C=O) groups is 1. The summed E-state index contributed by atoms with van der Waals surface area (Å²) in [6.07, 6.45) is 0.946. The van der Waals surface area contributed by atoms with Gasteiger partial charge in [0, 0.05) is 6.42 Å². The van der Waals surface area contributed by atoms with E-state index in [0.717, 1.165) is 15.8 Å². The predicted molar refractivity (Wildman–Crippen MR) is 80.6 cm³/mol. The average molecular weight is 355 g/mol. The number of ether oxygens (including phenoxy) is 2. The number of methoxy groups -OCH3 is 2. The van der Waals surface area contributed by atoms with Crippen molar-refractivity contribution in [2.75, 3.05) is 19.5 Å². The van der Waals surface area contributed by atoms with Crippen molar-refractivity contribution in [3.8, 4) is 11.8 Å². The topological polar surface area (TPSA) is 89.1 Å². The fraction of sp³-hybridized carbons (Fsp3) is 0.308. The number of rotatable bonds is 6. The Bertz CT molecular complexity index is 630. The minimum absolute atomic E-state index is 0.152. The van der Waals surface area contributed by atoms with Crippen LogP contribution in [0.3, 0.4) is 0 Å². The number of H-pyrrole nitrogens is 1. The fourth-order valence-corrected chi connectivity index (χ4v) is 2.30. The van der Waals surface area contributed by atoms with Crippen molar-refractivity contribution in [3.63, 3.8) is 0 Å². The van der Waals surface area contributed by atoms with E-state index in [1.165, 1.54) is 7.11 Å². The minimum Gasteiger partial charge on any atom is -0.496 e. The summed E-state index contributed by atoms with van der Waals surface area (Å²) in [4.78, 5) is 15.7. The van der Waals surface area contributed by atoms with Crippen LogP contribution in [-0.2, 0) is 11.2 Å². The van der Waals surface area contributed by atoms with E-state index in [0.29, 0.717) is 12.8 Å². The lowest BCUT2D eigenvalue weighted by molar-refractivity contribution is -0.116. The number of aromatic amines is 1. The maximum atomic E-state index is 11.8. The highest BCUT2D eigenvalue weighted by Gasteiger charge is 2.08. The molecule has 0 saturated carbocycles. The van der Waals surface area contributed by atoms with Gasteiger partial charge >= 0.3 is 6.01 Å². The first-order valence-electron chi connectivity index (χ1n) is 6.21. The van der Waals surface area contributed by atoms with Crippen molar-refractivity contribution in [3.05, 3.63) is 28.2 Å². The van der Waals surface area contributed by atoms with Gasteiger partial charge in [-0.05, 0) is 40.0 Å². The molecule has 8 heteroatoms. The molecule has 0 aliphatic heterocycles. The lowest BCUT2D eigenvalue weighted by Crippen LogP contribution is -2.13. The number of nitrogens with zero attached hydrogens (tertiary/aromatic N) is 2. The highest BCUT2D eigenvalue weighted by molar-refractivity contribution is 9.10. The number of anilines is 1. The molecule has 1 amide bonds. The van der Waals surface area contributed by atoms with Gasteiger partial charge < -0.3 is 9.47 Å². The summed E-state index contributed by atoms with van der Waals surface area (Å²) >= 11 is 3.42. The van der Waals surface area contributed by atoms with Crippen LogP contribution in [0.2, 0.25) is 0 Å². The van der Waals surface area contributed by atoms with Crippen molar-refractivity contribution >= 4 is 27.8 Å². The molecule has 0 radical (unpaired) electrons. The summed E-state index contributed by atoms with van der Waals surface area (Å²) in [5, 5.41) is 8.93. The SMILES string of the molecule is COc1n[nH]c(NC(=O)CCc2ccc(OC)c(Br)c2)n1. The van der Waals surface area contributed by atoms with Crippen LogP contribution in [0.15, 0.2) is 22.7 Å². The zero-order valence-electron chi connectivity index (χ0n) is 11.6. The van der Waals surface area contributed by atoms with Gasteiger partial charge in [-0.3, -0.25) is 10.1 Å². The lowest BCUT2D eigenvalue weighted by Gasteiger charge is -2.06. The Kier molecular flexibility index (Phi) is 5.15. The van der Waals surface area contributed by atoms with Crippen LogP contribution in [0.1, 0.15) is 12.0 Å². The maximum Gasteiger partial charge on any atom is 0.336 e. The number of hydrogen-bond acceptors (Lipinski definition) is 5. The molecule has 0 spiro atoms. The van der Waals surface area contributed by atoms with Crippen LogP contribution in [-0.4, -0.2) is 35.3 Å². The molecule has 1 aromatic heterocycles. The van der Waals surface area contributed by atoms with E-state index in [2.05, 4.69) is 36.4 Å². The molecule has 1 aromatic carbocycles. The molecule has 2 N–H and O–H groups in total. The Morgan fingerprint density at radius 2 is 2.19 bits per heavy atom. The summed E-state index contributed by atoms with van der Waals surface area (Å²) < 4.78 is 10.8. The van der Waals surface area contributed by atoms with Gasteiger partial charge in [-0.15, -0.1) is 5.10 Å². The molecule has 0 bridgehead atoms. The Balaban J connectivity index is 1.87. The second-order valence-electron chi connectivity index (χ2n) is 4.19. The summed E-state index contributed by atoms with van der Waals surface area (Å²) in [5.41, 5.74) is 1.04. The van der Waals surface area contributed by atoms with Gasteiger partial charge in [0.2, 0.25) is 11.9 Å². The number of aryl methyl sites for hydroxylation is 1. The van der Waals surface area contributed by atoms with E-state index < -0.39 is 0 Å². The molecule has 0 atom stereocenters. The second-order valence-corrected chi connectivity index (χ2v) is 5.04. The summed E-state index contributed by atoms with van der Waals surface area (Å²) in [6, 6.07) is 5.90. The molecule has 2 rings (SSSR count). The van der Waals surface area contributed by atoms with Crippen molar-refractivity contribution in [2.45, 2.75) is 12.8 Å². The number of amides is 1. The molecule has 0 aliphatic rings. The van der Waals surface area contributed by atoms with Crippen LogP contribution in [0.25, 0.3) is 0 Å². The minimum atomic E-state index is -0.152. The van der Waals surface area contributed by atoms with Crippen LogP contribution in [0.5, 0.6) is 11.8 Å². The molecule has 21 heavy (non-hydrogen) atoms. The van der Waals surface area contributed by atoms with Crippen molar-refractivity contribution in [1.82, 2.24) is 15.2 Å². The number of halogens is 1. The Morgan fingerprint density at radius 1 is 1.38 bits per heavy atom. The molecule has 7 nitrogen and oxygen atoms in total. The highest BCUT2D eigenvalue weighted by atomic mass is 79.9. The third-order valence-corrected chi connectivity index (χ3v) is 3.38. The zero-order chi connectivity index (χ0) is 15.2. The predicted octanol–water partition coefficient (Wildman–Crippen LogP) is 2.16. The average Bonchev–Trinajstić information content (AvgIpc) is 2.93. The van der Waals surface area contributed by atoms with Gasteiger partial charge in [0.15, 0.2) is 0 Å². The van der Waals surface area contributed by atoms with Gasteiger partial charge in [-0.2, -0.15) is 4.98 Å². The van der Waals surface area contributed by atoms with Crippen molar-refractivity contribution in [1.29, 1.82) is 0 Å². The Hall–Kier alpha value is -2.09. The molecule has 1 heterocycles. The molecule has 112 valence electrons. The molecule has 0 saturated heterocycles. The molecular weight excluding hydrogens is 340 g/mol. The van der Waals surface area contributed by atoms with E-state index in [1.54, 1.807) is 7.11 Å². The van der Waals surface area contributed by atoms with Crippen molar-refractivity contribution in [2.24, 2.45) is 0 Å². The first-order valence-corrected chi connectivity index (χ1v) is 7.00. The Labute approximate surface area is 130 Å². The van der Waals surface area contributed by atoms with Crippen LogP contribution >= 0.6 is 15.9 Å². The van der Waals surface area contributed by atoms with E-state index in [4.69, 9.17) is 9.47 Å². The zero-order valence-corrected chi connectivity index (χ0v) is 13.2. The van der Waals surface area contributed by atoms with Crippen LogP contribution in [0.4, 0.5) is 5.95 Å². The quantitative estimate of drug-likeness (QED) is 0.829. The number of benzene rings is 1. The van der Waals surface area contributed by atoms with Gasteiger partial charge in [0.25, 0.3) is 0 Å². The van der Waals surface area contributed by atoms with E-state index in [9.17, 15) is 4.79 Å². The third kappa shape index (κ3) is 4.19. The molecular formula is C13H15BrN4O3. The number of carbonyl (C=O) groups excluding carboxylic acids is 1. The smallest absolute Gasteiger partial charge is 0.336 e. The van der Waals surface area contributed by atoms with Crippen LogP contribution < -0.4 is 14.8 Å². The van der Waals surface area contributed by atoms with Crippen LogP contribution in [0, 0.1) is 0 Å². The Morgan fingerprint density at radius 3 is 2.81 bits per heavy atom. The normalized spacial score (nSPS) is 10.2. The largest absolute Gasteiger partial charge is 0.496 e. The maximum absolute atomic E-state index is 11.8. The molecule has 0 unspecified atom stereocenters. The van der Waals surface area contributed by atoms with E-state index >= 15 is 0 Å². The highest BCUT2D eigenvalue weighted by Crippen LogP contribution is 2.26. The van der Waals surface area contributed by atoms with E-state index in [1.807, 2.05) is 18.2 Å². The monoisotopic (exact) mass is 354 g/mol. The number of nitrogens with one attached hydrogen (secondary N) is 2. The first kappa shape index (κ1) is 15.3. The van der Waals surface area contributed by atoms with Gasteiger partial charge in [0.1, 0.15) is 5.75 Å². The van der Waals surface area contributed by atoms with Gasteiger partial charge in [0.05, 0.1) is 18.7 Å². The number of aromatic nitrogens is 3. The molecule has 0 fully saturated rings. The summed E-state index contributed by atoms with van der Waals surface area (Å²) in [5.74, 6) is 0.880. The fourth-order valence-electron chi connectivity index (χ4n) is 1.71. The summed E-state index contributed by atoms with van der Waals surface area (Å²) in [7, 11) is 3.06. The number of hydrogen-bond donors (Lipinski definition) is 2. The third-order valence-electron chi connectivity index (χ3n) is 2.76. The molecule has 0 aliphatic carbocycles. The first-order chi connectivity index (χ1) is 10.1.